The predicted octanol–water partition coefficient (Wildman–Crippen LogP) is 4.00. The van der Waals surface area contributed by atoms with E-state index in [1.165, 1.54) is 0 Å². The monoisotopic (exact) mass is 1190 g/mol. The molecule has 85 heavy (non-hydrogen) atoms. The largest absolute Gasteiger partial charge is 0.445 e. The highest BCUT2D eigenvalue weighted by atomic mass is 16.8. The molecule has 4 heterocycles. The van der Waals surface area contributed by atoms with Gasteiger partial charge in [0.05, 0.1) is 55.8 Å². The molecule has 464 valence electrons. The number of ketones is 1. The summed E-state index contributed by atoms with van der Waals surface area (Å²) in [5.74, 6) is -2.24. The Morgan fingerprint density at radius 2 is 1.29 bits per heavy atom. The Hall–Kier alpha value is -6.07. The van der Waals surface area contributed by atoms with Gasteiger partial charge < -0.3 is 94.0 Å². The smallest absolute Gasteiger partial charge is 0.407 e. The van der Waals surface area contributed by atoms with Crippen LogP contribution in [-0.2, 0) is 65.4 Å². The number of fused-ring (bicyclic) bond motifs is 1. The Bertz CT molecular complexity index is 2740. The molecule has 0 spiro atoms. The van der Waals surface area contributed by atoms with Crippen LogP contribution >= 0.6 is 0 Å². The van der Waals surface area contributed by atoms with E-state index in [0.717, 1.165) is 5.56 Å². The van der Waals surface area contributed by atoms with Crippen molar-refractivity contribution in [2.75, 3.05) is 13.2 Å². The predicted molar refractivity (Wildman–Crippen MR) is 295 cm³/mol. The number of Topliss-reactive ketones (excluding diaryl/α,β-unsaturated/α-hetero) is 1. The number of amides is 3. The van der Waals surface area contributed by atoms with Gasteiger partial charge in [0.1, 0.15) is 67.1 Å². The lowest BCUT2D eigenvalue weighted by Crippen LogP contribution is -2.66. The van der Waals surface area contributed by atoms with Crippen LogP contribution in [0.3, 0.4) is 0 Å². The molecule has 2 aliphatic carbocycles. The van der Waals surface area contributed by atoms with Crippen LogP contribution in [0.4, 0.5) is 14.4 Å². The summed E-state index contributed by atoms with van der Waals surface area (Å²) in [5.41, 5.74) is 8.79. The van der Waals surface area contributed by atoms with E-state index in [0.29, 0.717) is 24.0 Å². The Morgan fingerprint density at radius 3 is 1.92 bits per heavy atom. The lowest BCUT2D eigenvalue weighted by atomic mass is 9.68. The van der Waals surface area contributed by atoms with Crippen molar-refractivity contribution in [3.05, 3.63) is 118 Å². The molecule has 4 aliphatic heterocycles. The summed E-state index contributed by atoms with van der Waals surface area (Å²) in [6, 6.07) is 24.1. The normalized spacial score (nSPS) is 36.3. The molecule has 2 saturated carbocycles. The van der Waals surface area contributed by atoms with Gasteiger partial charge in [0, 0.05) is 36.6 Å². The number of ether oxygens (including phenoxy) is 10. The van der Waals surface area contributed by atoms with Crippen molar-refractivity contribution in [3.8, 4) is 0 Å². The molecule has 3 aromatic rings. The van der Waals surface area contributed by atoms with Crippen LogP contribution in [0, 0.1) is 11.8 Å². The SMILES string of the molecule is C[C@H]1C[C@@H](CC(=O)C2(O)CC(NC(=O)OC(C)(C)C)C2)[C@H](O)[C@@H](O[C@@H]2O[C@H](CO)[C@@H](O[C@H]3O[C@H]4CCC(c5ccccc5)O[C@H]4[C@H](O)[C@H]3NC(=O)OCc3ccccc3)[C@H]2O)[C@@H]1O[C@H]1O[C@H](CN=[N+]=[N-])[C@@H](O)C[C@H]1NC(=O)OCc1ccccc1. The highest BCUT2D eigenvalue weighted by Gasteiger charge is 2.57. The van der Waals surface area contributed by atoms with Crippen molar-refractivity contribution in [1.29, 1.82) is 0 Å². The van der Waals surface area contributed by atoms with Crippen molar-refractivity contribution >= 4 is 24.1 Å². The maximum Gasteiger partial charge on any atom is 0.407 e. The van der Waals surface area contributed by atoms with E-state index in [1.807, 2.05) is 36.4 Å². The Balaban J connectivity index is 0.956. The fourth-order valence-corrected chi connectivity index (χ4v) is 12.0. The second kappa shape index (κ2) is 28.2. The van der Waals surface area contributed by atoms with Gasteiger partial charge in [0.2, 0.25) is 0 Å². The van der Waals surface area contributed by atoms with E-state index < -0.39 is 164 Å². The van der Waals surface area contributed by atoms with Crippen molar-refractivity contribution < 1.29 is 97.2 Å². The van der Waals surface area contributed by atoms with Crippen LogP contribution in [0.25, 0.3) is 10.4 Å². The molecule has 0 bridgehead atoms. The molecule has 3 amide bonds. The third-order valence-electron chi connectivity index (χ3n) is 16.4. The summed E-state index contributed by atoms with van der Waals surface area (Å²) in [4.78, 5) is 56.4. The van der Waals surface area contributed by atoms with Crippen LogP contribution in [0.2, 0.25) is 0 Å². The Kier molecular flexibility index (Phi) is 21.0. The maximum absolute atomic E-state index is 14.1. The van der Waals surface area contributed by atoms with Gasteiger partial charge in [0.15, 0.2) is 24.7 Å². The van der Waals surface area contributed by atoms with Crippen LogP contribution in [-0.4, -0.2) is 183 Å². The van der Waals surface area contributed by atoms with E-state index >= 15 is 0 Å². The number of nitrogens with zero attached hydrogens (tertiary/aromatic N) is 3. The molecular formula is C59H78N6O20. The molecule has 0 aromatic heterocycles. The van der Waals surface area contributed by atoms with Crippen LogP contribution in [0.15, 0.2) is 96.1 Å². The Labute approximate surface area is 491 Å². The second-order valence-electron chi connectivity index (χ2n) is 23.8. The first-order valence-corrected chi connectivity index (χ1v) is 28.9. The van der Waals surface area contributed by atoms with Gasteiger partial charge in [-0.3, -0.25) is 4.79 Å². The van der Waals surface area contributed by atoms with Crippen LogP contribution < -0.4 is 16.0 Å². The van der Waals surface area contributed by atoms with Crippen molar-refractivity contribution in [3.63, 3.8) is 0 Å². The zero-order valence-corrected chi connectivity index (χ0v) is 47.7. The summed E-state index contributed by atoms with van der Waals surface area (Å²) < 4.78 is 61.5. The minimum absolute atomic E-state index is 0.0718. The summed E-state index contributed by atoms with van der Waals surface area (Å²) in [6.45, 7) is 5.49. The average molecular weight is 1190 g/mol. The number of hydrogen-bond donors (Lipinski definition) is 9. The second-order valence-corrected chi connectivity index (χ2v) is 23.8. The van der Waals surface area contributed by atoms with Gasteiger partial charge in [-0.05, 0) is 74.1 Å². The number of rotatable bonds is 20. The number of aliphatic hydroxyl groups excluding tert-OH is 5. The summed E-state index contributed by atoms with van der Waals surface area (Å²) >= 11 is 0. The van der Waals surface area contributed by atoms with Crippen LogP contribution in [0.5, 0.6) is 0 Å². The highest BCUT2D eigenvalue weighted by molar-refractivity contribution is 5.89. The van der Waals surface area contributed by atoms with Gasteiger partial charge >= 0.3 is 18.3 Å². The van der Waals surface area contributed by atoms with Gasteiger partial charge in [-0.25, -0.2) is 14.4 Å². The number of carbonyl (C=O) groups excluding carboxylic acids is 4. The number of aliphatic hydroxyl groups is 6. The summed E-state index contributed by atoms with van der Waals surface area (Å²) in [7, 11) is 0. The third-order valence-corrected chi connectivity index (χ3v) is 16.4. The first-order chi connectivity index (χ1) is 40.7. The van der Waals surface area contributed by atoms with E-state index in [9.17, 15) is 55.3 Å². The molecule has 3 aromatic carbocycles. The number of nitrogens with one attached hydrogen (secondary N) is 3. The number of benzene rings is 3. The molecule has 9 rings (SSSR count). The lowest BCUT2D eigenvalue weighted by Gasteiger charge is -2.49. The molecule has 9 N–H and O–H groups in total. The fourth-order valence-electron chi connectivity index (χ4n) is 12.0. The molecule has 6 aliphatic rings. The zero-order chi connectivity index (χ0) is 60.6. The minimum Gasteiger partial charge on any atom is -0.445 e. The molecule has 0 radical (unpaired) electrons. The maximum atomic E-state index is 14.1. The Morgan fingerprint density at radius 1 is 0.694 bits per heavy atom. The highest BCUT2D eigenvalue weighted by Crippen LogP contribution is 2.44. The number of hydrogen-bond acceptors (Lipinski definition) is 21. The molecular weight excluding hydrogens is 1110 g/mol. The van der Waals surface area contributed by atoms with Crippen molar-refractivity contribution in [2.24, 2.45) is 17.0 Å². The number of azide groups is 1. The minimum atomic E-state index is -1.87. The molecule has 26 nitrogen and oxygen atoms in total. The quantitative estimate of drug-likeness (QED) is 0.0334. The summed E-state index contributed by atoms with van der Waals surface area (Å²) in [6.07, 6.45) is -22.4. The standard InChI is InChI=1S/C59H78N6O20/c1-31-22-35(23-43(68)59(75)25-36(26-59)62-57(74)85-58(2,3)4)45(69)51(48(31)82-52-37(24-38(67)41(80-52)27-61-65-60)63-55(72)76-29-32-14-8-5-9-15-32)84-54-47(71)50(42(28-66)81-54)83-53-44(64-56(73)77-30-33-16-10-6-11-17-33)46(70)49-40(79-53)21-20-39(78-49)34-18-12-7-13-19-34/h5-19,31,35-42,44-54,66-67,69-71,75H,20-30H2,1-4H3,(H,62,74)(H,63,72)(H,64,73)/t31-,35-,36?,37+,38-,39?,40-,41+,42+,44+,45-,46+,47+,48+,49+,50+,51+,52+,53+,54-,59?/m0/s1. The van der Waals surface area contributed by atoms with E-state index in [4.69, 9.17) is 47.4 Å². The van der Waals surface area contributed by atoms with Gasteiger partial charge in [-0.15, -0.1) is 0 Å². The molecule has 1 unspecified atom stereocenters. The first-order valence-electron chi connectivity index (χ1n) is 28.9. The van der Waals surface area contributed by atoms with E-state index in [2.05, 4.69) is 26.0 Å². The topological polar surface area (TPSA) is 367 Å². The molecule has 19 atom stereocenters. The average Bonchev–Trinajstić information content (AvgIpc) is 2.55. The van der Waals surface area contributed by atoms with E-state index in [-0.39, 0.29) is 51.9 Å². The molecule has 4 saturated heterocycles. The first kappa shape index (κ1) is 63.4. The summed E-state index contributed by atoms with van der Waals surface area (Å²) in [5, 5.41) is 82.2. The van der Waals surface area contributed by atoms with Crippen molar-refractivity contribution in [1.82, 2.24) is 16.0 Å². The number of alkyl carbamates (subject to hydrolysis) is 3. The number of carbonyl (C=O) groups is 4. The van der Waals surface area contributed by atoms with Crippen molar-refractivity contribution in [2.45, 2.75) is 207 Å². The molecule has 26 heteroatoms. The third kappa shape index (κ3) is 15.9. The van der Waals surface area contributed by atoms with E-state index in [1.54, 1.807) is 82.3 Å². The van der Waals surface area contributed by atoms with Gasteiger partial charge in [-0.1, -0.05) is 103 Å². The lowest BCUT2D eigenvalue weighted by molar-refractivity contribution is -0.311. The molecule has 6 fully saturated rings. The van der Waals surface area contributed by atoms with Crippen LogP contribution in [0.1, 0.15) is 95.4 Å². The van der Waals surface area contributed by atoms with Gasteiger partial charge in [-0.2, -0.15) is 0 Å². The van der Waals surface area contributed by atoms with Gasteiger partial charge in [0.25, 0.3) is 0 Å². The fraction of sp³-hybridized carbons (Fsp3) is 0.627. The zero-order valence-electron chi connectivity index (χ0n) is 47.7.